The molecule has 0 aromatic heterocycles. The van der Waals surface area contributed by atoms with E-state index >= 15 is 0 Å². The molecule has 0 aliphatic carbocycles. The molecule has 0 atom stereocenters. The van der Waals surface area contributed by atoms with Gasteiger partial charge in [0, 0.05) is 4.47 Å². The Balaban J connectivity index is 2.02. The van der Waals surface area contributed by atoms with E-state index in [1.54, 1.807) is 24.4 Å². The molecule has 26 heavy (non-hydrogen) atoms. The van der Waals surface area contributed by atoms with Crippen LogP contribution in [0, 0.1) is 0 Å². The maximum Gasteiger partial charge on any atom is 0.275 e. The maximum absolute atomic E-state index is 12.2. The quantitative estimate of drug-likeness (QED) is 0.507. The van der Waals surface area contributed by atoms with E-state index in [1.807, 2.05) is 13.0 Å². The first-order valence-electron chi connectivity index (χ1n) is 8.36. The Morgan fingerprint density at radius 3 is 2.50 bits per heavy atom. The number of carbonyl (C=O) groups is 1. The fourth-order valence-electron chi connectivity index (χ4n) is 2.38. The van der Waals surface area contributed by atoms with Gasteiger partial charge in [0.15, 0.2) is 0 Å². The highest BCUT2D eigenvalue weighted by molar-refractivity contribution is 9.10. The average molecular weight is 415 g/mol. The number of halogens is 1. The largest absolute Gasteiger partial charge is 0.496 e. The first-order chi connectivity index (χ1) is 12.4. The number of nitrogens with one attached hydrogen (secondary N) is 1. The van der Waals surface area contributed by atoms with Crippen molar-refractivity contribution in [3.8, 4) is 5.75 Å². The topological polar surface area (TPSA) is 50.7 Å². The number of hydrazone groups is 1. The molecule has 0 aliphatic heterocycles. The summed E-state index contributed by atoms with van der Waals surface area (Å²) in [6.45, 7) is 6.28. The van der Waals surface area contributed by atoms with Gasteiger partial charge in [-0.2, -0.15) is 5.10 Å². The second-order valence-corrected chi connectivity index (χ2v) is 7.17. The van der Waals surface area contributed by atoms with Gasteiger partial charge in [-0.1, -0.05) is 60.1 Å². The molecule has 2 rings (SSSR count). The Morgan fingerprint density at radius 1 is 1.19 bits per heavy atom. The summed E-state index contributed by atoms with van der Waals surface area (Å²) in [4.78, 5) is 12.2. The minimum Gasteiger partial charge on any atom is -0.496 e. The van der Waals surface area contributed by atoms with Gasteiger partial charge < -0.3 is 4.74 Å². The Morgan fingerprint density at radius 2 is 1.88 bits per heavy atom. The second kappa shape index (κ2) is 9.34. The molecule has 0 aliphatic rings. The Hall–Kier alpha value is -2.40. The smallest absolute Gasteiger partial charge is 0.275 e. The number of ether oxygens (including phenoxy) is 1. The van der Waals surface area contributed by atoms with E-state index in [0.29, 0.717) is 17.2 Å². The molecule has 0 unspecified atom stereocenters. The molecule has 0 heterocycles. The van der Waals surface area contributed by atoms with Crippen LogP contribution in [-0.4, -0.2) is 19.2 Å². The number of hydrogen-bond acceptors (Lipinski definition) is 3. The van der Waals surface area contributed by atoms with Crippen molar-refractivity contribution in [3.63, 3.8) is 0 Å². The van der Waals surface area contributed by atoms with Crippen molar-refractivity contribution in [1.29, 1.82) is 0 Å². The zero-order valence-electron chi connectivity index (χ0n) is 15.4. The summed E-state index contributed by atoms with van der Waals surface area (Å²) < 4.78 is 6.07. The molecular weight excluding hydrogens is 392 g/mol. The van der Waals surface area contributed by atoms with Crippen molar-refractivity contribution in [2.75, 3.05) is 7.11 Å². The fourth-order valence-corrected chi connectivity index (χ4v) is 2.72. The number of methoxy groups -OCH3 is 1. The van der Waals surface area contributed by atoms with Crippen molar-refractivity contribution in [3.05, 3.63) is 69.2 Å². The molecule has 5 heteroatoms. The van der Waals surface area contributed by atoms with Crippen LogP contribution in [0.2, 0.25) is 0 Å². The van der Waals surface area contributed by atoms with Crippen molar-refractivity contribution in [1.82, 2.24) is 5.43 Å². The van der Waals surface area contributed by atoms with Gasteiger partial charge in [-0.15, -0.1) is 0 Å². The van der Waals surface area contributed by atoms with Crippen LogP contribution >= 0.6 is 15.9 Å². The molecule has 0 fully saturated rings. The lowest BCUT2D eigenvalue weighted by Gasteiger charge is -2.07. The van der Waals surface area contributed by atoms with Crippen molar-refractivity contribution in [2.45, 2.75) is 26.7 Å². The van der Waals surface area contributed by atoms with E-state index in [0.717, 1.165) is 15.6 Å². The van der Waals surface area contributed by atoms with Crippen LogP contribution in [0.4, 0.5) is 0 Å². The molecule has 0 radical (unpaired) electrons. The number of rotatable bonds is 6. The lowest BCUT2D eigenvalue weighted by atomic mass is 10.0. The van der Waals surface area contributed by atoms with Crippen molar-refractivity contribution >= 4 is 34.1 Å². The molecule has 0 bridgehead atoms. The molecule has 0 saturated carbocycles. The van der Waals surface area contributed by atoms with Crippen LogP contribution in [0.1, 0.15) is 48.2 Å². The number of nitrogens with zero attached hydrogens (tertiary/aromatic N) is 1. The first kappa shape index (κ1) is 19.9. The Kier molecular flexibility index (Phi) is 7.16. The van der Waals surface area contributed by atoms with E-state index in [9.17, 15) is 4.79 Å². The van der Waals surface area contributed by atoms with Crippen LogP contribution in [0.25, 0.3) is 6.08 Å². The van der Waals surface area contributed by atoms with E-state index in [1.165, 1.54) is 12.7 Å². The Labute approximate surface area is 163 Å². The van der Waals surface area contributed by atoms with Crippen LogP contribution in [0.3, 0.4) is 0 Å². The monoisotopic (exact) mass is 414 g/mol. The molecule has 1 N–H and O–H groups in total. The molecule has 2 aromatic rings. The van der Waals surface area contributed by atoms with Gasteiger partial charge in [0.25, 0.3) is 5.91 Å². The van der Waals surface area contributed by atoms with Crippen LogP contribution in [-0.2, 0) is 0 Å². The third kappa shape index (κ3) is 5.56. The minimum absolute atomic E-state index is 0.320. The zero-order valence-corrected chi connectivity index (χ0v) is 17.0. The number of benzene rings is 2. The molecule has 1 amide bonds. The highest BCUT2D eigenvalue weighted by atomic mass is 79.9. The molecule has 0 spiro atoms. The standard InChI is InChI=1S/C21H23BrN2O2/c1-14(2)17-7-5-16(6-8-17)11-15(3)13-23-24-21(25)19-10-9-18(22)12-20(19)26-4/h5-14H,1-4H3,(H,24,25)/b15-11+,23-13-. The van der Waals surface area contributed by atoms with Gasteiger partial charge in [0.05, 0.1) is 18.9 Å². The molecular formula is C21H23BrN2O2. The third-order valence-electron chi connectivity index (χ3n) is 3.84. The van der Waals surface area contributed by atoms with Gasteiger partial charge in [0.1, 0.15) is 5.75 Å². The van der Waals surface area contributed by atoms with Gasteiger partial charge >= 0.3 is 0 Å². The second-order valence-electron chi connectivity index (χ2n) is 6.25. The molecule has 0 saturated heterocycles. The zero-order chi connectivity index (χ0) is 19.1. The normalized spacial score (nSPS) is 11.8. The lowest BCUT2D eigenvalue weighted by molar-refractivity contribution is 0.0952. The van der Waals surface area contributed by atoms with Crippen LogP contribution in [0.15, 0.2) is 57.6 Å². The lowest BCUT2D eigenvalue weighted by Crippen LogP contribution is -2.18. The summed E-state index contributed by atoms with van der Waals surface area (Å²) in [5.74, 6) is 0.686. The highest BCUT2D eigenvalue weighted by Gasteiger charge is 2.11. The summed E-state index contributed by atoms with van der Waals surface area (Å²) in [5.41, 5.74) is 6.30. The number of hydrogen-bond donors (Lipinski definition) is 1. The molecule has 2 aromatic carbocycles. The average Bonchev–Trinajstić information content (AvgIpc) is 2.61. The maximum atomic E-state index is 12.2. The highest BCUT2D eigenvalue weighted by Crippen LogP contribution is 2.23. The first-order valence-corrected chi connectivity index (χ1v) is 9.15. The minimum atomic E-state index is -0.320. The van der Waals surface area contributed by atoms with Gasteiger partial charge in [-0.25, -0.2) is 5.43 Å². The summed E-state index contributed by atoms with van der Waals surface area (Å²) in [7, 11) is 1.53. The predicted octanol–water partition coefficient (Wildman–Crippen LogP) is 5.40. The van der Waals surface area contributed by atoms with Crippen LogP contribution < -0.4 is 10.2 Å². The van der Waals surface area contributed by atoms with Gasteiger partial charge in [-0.3, -0.25) is 4.79 Å². The summed E-state index contributed by atoms with van der Waals surface area (Å²) in [6, 6.07) is 13.6. The van der Waals surface area contributed by atoms with Gasteiger partial charge in [-0.05, 0) is 47.7 Å². The third-order valence-corrected chi connectivity index (χ3v) is 4.33. The Bertz CT molecular complexity index is 824. The summed E-state index contributed by atoms with van der Waals surface area (Å²) in [6.07, 6.45) is 3.64. The summed E-state index contributed by atoms with van der Waals surface area (Å²) in [5, 5.41) is 4.03. The van der Waals surface area contributed by atoms with E-state index in [2.05, 4.69) is 64.6 Å². The molecule has 4 nitrogen and oxygen atoms in total. The van der Waals surface area contributed by atoms with Crippen molar-refractivity contribution in [2.24, 2.45) is 5.10 Å². The van der Waals surface area contributed by atoms with Crippen LogP contribution in [0.5, 0.6) is 5.75 Å². The predicted molar refractivity (Wildman–Crippen MR) is 111 cm³/mol. The number of carbonyl (C=O) groups excluding carboxylic acids is 1. The fraction of sp³-hybridized carbons (Fsp3) is 0.238. The SMILES string of the molecule is COc1cc(Br)ccc1C(=O)N/N=C\C(C)=C\c1ccc(C(C)C)cc1. The van der Waals surface area contributed by atoms with E-state index in [-0.39, 0.29) is 5.91 Å². The summed E-state index contributed by atoms with van der Waals surface area (Å²) >= 11 is 3.35. The number of allylic oxidation sites excluding steroid dienone is 1. The van der Waals surface area contributed by atoms with E-state index < -0.39 is 0 Å². The molecule has 136 valence electrons. The van der Waals surface area contributed by atoms with Crippen molar-refractivity contribution < 1.29 is 9.53 Å². The number of amides is 1. The van der Waals surface area contributed by atoms with E-state index in [4.69, 9.17) is 4.74 Å². The van der Waals surface area contributed by atoms with Gasteiger partial charge in [0.2, 0.25) is 0 Å².